The number of rotatable bonds is 4. The third kappa shape index (κ3) is 2.20. The molecule has 0 unspecified atom stereocenters. The Labute approximate surface area is 101 Å². The number of aromatic nitrogens is 4. The molecule has 2 heterocycles. The molecule has 0 aromatic carbocycles. The van der Waals surface area contributed by atoms with E-state index in [1.54, 1.807) is 6.20 Å². The zero-order valence-corrected chi connectivity index (χ0v) is 10.0. The van der Waals surface area contributed by atoms with Crippen LogP contribution in [0.25, 0.3) is 11.5 Å². The Hall–Kier alpha value is -1.71. The van der Waals surface area contributed by atoms with E-state index < -0.39 is 0 Å². The maximum Gasteiger partial charge on any atom is 0.200 e. The van der Waals surface area contributed by atoms with E-state index in [0.29, 0.717) is 0 Å². The maximum absolute atomic E-state index is 4.62. The number of hydrogen-bond acceptors (Lipinski definition) is 3. The van der Waals surface area contributed by atoms with Crippen LogP contribution in [0, 0.1) is 5.92 Å². The lowest BCUT2D eigenvalue weighted by Gasteiger charge is -1.99. The van der Waals surface area contributed by atoms with E-state index >= 15 is 0 Å². The third-order valence-electron chi connectivity index (χ3n) is 3.11. The van der Waals surface area contributed by atoms with Gasteiger partial charge in [0.15, 0.2) is 5.82 Å². The molecule has 4 nitrogen and oxygen atoms in total. The first kappa shape index (κ1) is 10.4. The Morgan fingerprint density at radius 1 is 1.35 bits per heavy atom. The molecule has 0 atom stereocenters. The summed E-state index contributed by atoms with van der Waals surface area (Å²) in [6.45, 7) is 2.98. The third-order valence-corrected chi connectivity index (χ3v) is 3.11. The van der Waals surface area contributed by atoms with Crippen molar-refractivity contribution in [3.63, 3.8) is 0 Å². The van der Waals surface area contributed by atoms with Crippen LogP contribution >= 0.6 is 0 Å². The van der Waals surface area contributed by atoms with Crippen molar-refractivity contribution >= 4 is 0 Å². The van der Waals surface area contributed by atoms with E-state index in [1.807, 2.05) is 22.9 Å². The van der Waals surface area contributed by atoms with Crippen molar-refractivity contribution in [1.82, 2.24) is 19.7 Å². The summed E-state index contributed by atoms with van der Waals surface area (Å²) in [6.07, 6.45) is 5.53. The molecule has 0 bridgehead atoms. The highest BCUT2D eigenvalue weighted by Gasteiger charge is 2.24. The highest BCUT2D eigenvalue weighted by molar-refractivity contribution is 5.47. The summed E-state index contributed by atoms with van der Waals surface area (Å²) in [6, 6.07) is 5.83. The smallest absolute Gasteiger partial charge is 0.200 e. The first-order valence-corrected chi connectivity index (χ1v) is 6.22. The average molecular weight is 228 g/mol. The van der Waals surface area contributed by atoms with Crippen LogP contribution in [0.1, 0.15) is 25.6 Å². The molecule has 88 valence electrons. The van der Waals surface area contributed by atoms with Gasteiger partial charge in [-0.3, -0.25) is 4.98 Å². The van der Waals surface area contributed by atoms with Crippen LogP contribution in [0.15, 0.2) is 24.4 Å². The van der Waals surface area contributed by atoms with Crippen LogP contribution in [0.4, 0.5) is 0 Å². The normalized spacial score (nSPS) is 15.1. The maximum atomic E-state index is 4.62. The second kappa shape index (κ2) is 4.28. The minimum Gasteiger partial charge on any atom is -0.253 e. The van der Waals surface area contributed by atoms with E-state index in [1.165, 1.54) is 12.8 Å². The SMILES string of the molecule is CCn1nc(-c2ccccn2)nc1CC1CC1. The molecule has 1 fully saturated rings. The molecule has 1 saturated carbocycles. The van der Waals surface area contributed by atoms with Gasteiger partial charge in [0.25, 0.3) is 0 Å². The van der Waals surface area contributed by atoms with Crippen molar-refractivity contribution in [2.45, 2.75) is 32.7 Å². The summed E-state index contributed by atoms with van der Waals surface area (Å²) in [5.41, 5.74) is 0.858. The van der Waals surface area contributed by atoms with Gasteiger partial charge in [-0.15, -0.1) is 5.10 Å². The predicted molar refractivity (Wildman–Crippen MR) is 65.4 cm³/mol. The molecule has 1 aliphatic carbocycles. The van der Waals surface area contributed by atoms with Gasteiger partial charge in [-0.2, -0.15) is 0 Å². The lowest BCUT2D eigenvalue weighted by molar-refractivity contribution is 0.598. The zero-order chi connectivity index (χ0) is 11.7. The van der Waals surface area contributed by atoms with Crippen LogP contribution in [0.2, 0.25) is 0 Å². The predicted octanol–water partition coefficient (Wildman–Crippen LogP) is 2.31. The molecule has 1 aliphatic rings. The van der Waals surface area contributed by atoms with Gasteiger partial charge in [-0.25, -0.2) is 9.67 Å². The van der Waals surface area contributed by atoms with Gasteiger partial charge >= 0.3 is 0 Å². The molecular weight excluding hydrogens is 212 g/mol. The van der Waals surface area contributed by atoms with Gasteiger partial charge < -0.3 is 0 Å². The van der Waals surface area contributed by atoms with Crippen LogP contribution < -0.4 is 0 Å². The quantitative estimate of drug-likeness (QED) is 0.806. The molecule has 0 spiro atoms. The minimum atomic E-state index is 0.753. The van der Waals surface area contributed by atoms with E-state index in [9.17, 15) is 0 Å². The molecule has 2 aromatic rings. The Kier molecular flexibility index (Phi) is 2.63. The van der Waals surface area contributed by atoms with Gasteiger partial charge in [-0.1, -0.05) is 6.07 Å². The number of nitrogens with zero attached hydrogens (tertiary/aromatic N) is 4. The standard InChI is InChI=1S/C13H16N4/c1-2-17-12(9-10-6-7-10)15-13(16-17)11-5-3-4-8-14-11/h3-5,8,10H,2,6-7,9H2,1H3. The van der Waals surface area contributed by atoms with Crippen molar-refractivity contribution in [1.29, 1.82) is 0 Å². The lowest BCUT2D eigenvalue weighted by atomic mass is 10.3. The molecule has 4 heteroatoms. The fraction of sp³-hybridized carbons (Fsp3) is 0.462. The largest absolute Gasteiger partial charge is 0.253 e. The van der Waals surface area contributed by atoms with Crippen molar-refractivity contribution in [3.05, 3.63) is 30.2 Å². The molecule has 0 aliphatic heterocycles. The summed E-state index contributed by atoms with van der Waals surface area (Å²) in [7, 11) is 0. The fourth-order valence-electron chi connectivity index (χ4n) is 1.96. The van der Waals surface area contributed by atoms with Crippen LogP contribution in [-0.2, 0) is 13.0 Å². The molecule has 2 aromatic heterocycles. The molecular formula is C13H16N4. The second-order valence-corrected chi connectivity index (χ2v) is 4.53. The zero-order valence-electron chi connectivity index (χ0n) is 10.0. The topological polar surface area (TPSA) is 43.6 Å². The Bertz CT molecular complexity index is 499. The summed E-state index contributed by atoms with van der Waals surface area (Å²) < 4.78 is 2.00. The minimum absolute atomic E-state index is 0.753. The fourth-order valence-corrected chi connectivity index (χ4v) is 1.96. The number of pyridine rings is 1. The summed E-state index contributed by atoms with van der Waals surface area (Å²) in [5.74, 6) is 2.69. The Balaban J connectivity index is 1.92. The van der Waals surface area contributed by atoms with Gasteiger partial charge in [0.05, 0.1) is 0 Å². The van der Waals surface area contributed by atoms with E-state index in [4.69, 9.17) is 0 Å². The van der Waals surface area contributed by atoms with Gasteiger partial charge in [0, 0.05) is 19.2 Å². The lowest BCUT2D eigenvalue weighted by Crippen LogP contribution is -2.04. The first-order chi connectivity index (χ1) is 8.36. The van der Waals surface area contributed by atoms with Crippen LogP contribution in [0.5, 0.6) is 0 Å². The van der Waals surface area contributed by atoms with Crippen molar-refractivity contribution in [3.8, 4) is 11.5 Å². The Morgan fingerprint density at radius 3 is 2.88 bits per heavy atom. The van der Waals surface area contributed by atoms with Gasteiger partial charge in [-0.05, 0) is 37.8 Å². The molecule has 0 N–H and O–H groups in total. The molecule has 0 saturated heterocycles. The van der Waals surface area contributed by atoms with Crippen molar-refractivity contribution < 1.29 is 0 Å². The molecule has 17 heavy (non-hydrogen) atoms. The molecule has 3 rings (SSSR count). The van der Waals surface area contributed by atoms with Crippen LogP contribution in [0.3, 0.4) is 0 Å². The number of aryl methyl sites for hydroxylation is 1. The second-order valence-electron chi connectivity index (χ2n) is 4.53. The summed E-state index contributed by atoms with van der Waals surface area (Å²) >= 11 is 0. The Morgan fingerprint density at radius 2 is 2.24 bits per heavy atom. The summed E-state index contributed by atoms with van der Waals surface area (Å²) in [5, 5.41) is 4.52. The van der Waals surface area contributed by atoms with Crippen molar-refractivity contribution in [2.24, 2.45) is 5.92 Å². The van der Waals surface area contributed by atoms with Crippen LogP contribution in [-0.4, -0.2) is 19.7 Å². The van der Waals surface area contributed by atoms with Gasteiger partial charge in [0.1, 0.15) is 11.5 Å². The van der Waals surface area contributed by atoms with Gasteiger partial charge in [0.2, 0.25) is 0 Å². The first-order valence-electron chi connectivity index (χ1n) is 6.22. The van der Waals surface area contributed by atoms with E-state index in [0.717, 1.165) is 36.2 Å². The highest BCUT2D eigenvalue weighted by atomic mass is 15.3. The van der Waals surface area contributed by atoms with E-state index in [-0.39, 0.29) is 0 Å². The monoisotopic (exact) mass is 228 g/mol. The van der Waals surface area contributed by atoms with Crippen molar-refractivity contribution in [2.75, 3.05) is 0 Å². The average Bonchev–Trinajstić information content (AvgIpc) is 3.09. The summed E-state index contributed by atoms with van der Waals surface area (Å²) in [4.78, 5) is 8.91. The highest BCUT2D eigenvalue weighted by Crippen LogP contribution is 2.32. The number of hydrogen-bond donors (Lipinski definition) is 0. The van der Waals surface area contributed by atoms with E-state index in [2.05, 4.69) is 22.0 Å². The molecule has 0 radical (unpaired) electrons. The molecule has 0 amide bonds.